The molecular formula is C11H12N6O3. The van der Waals surface area contributed by atoms with Gasteiger partial charge in [-0.05, 0) is 19.9 Å². The molecule has 0 radical (unpaired) electrons. The third-order valence-electron chi connectivity index (χ3n) is 2.66. The van der Waals surface area contributed by atoms with E-state index in [0.29, 0.717) is 0 Å². The highest BCUT2D eigenvalue weighted by molar-refractivity contribution is 5.97. The summed E-state index contributed by atoms with van der Waals surface area (Å²) in [6.45, 7) is 3.54. The van der Waals surface area contributed by atoms with Crippen LogP contribution in [0.2, 0.25) is 0 Å². The molecule has 2 aromatic heterocycles. The van der Waals surface area contributed by atoms with Gasteiger partial charge in [0, 0.05) is 23.5 Å². The van der Waals surface area contributed by atoms with Gasteiger partial charge in [0.15, 0.2) is 5.84 Å². The molecule has 2 rings (SSSR count). The predicted molar refractivity (Wildman–Crippen MR) is 70.0 cm³/mol. The van der Waals surface area contributed by atoms with Crippen LogP contribution in [-0.2, 0) is 0 Å². The van der Waals surface area contributed by atoms with Crippen molar-refractivity contribution in [3.05, 3.63) is 45.4 Å². The van der Waals surface area contributed by atoms with Crippen molar-refractivity contribution in [3.63, 3.8) is 0 Å². The van der Waals surface area contributed by atoms with E-state index in [2.05, 4.69) is 15.2 Å². The van der Waals surface area contributed by atoms with Crippen molar-refractivity contribution in [2.45, 2.75) is 13.8 Å². The molecule has 0 saturated carbocycles. The molecule has 0 aromatic carbocycles. The maximum Gasteiger partial charge on any atom is 0.314 e. The molecule has 9 heteroatoms. The van der Waals surface area contributed by atoms with Crippen molar-refractivity contribution in [1.82, 2.24) is 14.8 Å². The Balaban J connectivity index is 2.65. The van der Waals surface area contributed by atoms with Crippen molar-refractivity contribution in [1.29, 1.82) is 0 Å². The maximum atomic E-state index is 11.2. The molecular weight excluding hydrogens is 264 g/mol. The highest BCUT2D eigenvalue weighted by atomic mass is 16.6. The lowest BCUT2D eigenvalue weighted by Gasteiger charge is -2.06. The van der Waals surface area contributed by atoms with Crippen LogP contribution < -0.4 is 5.73 Å². The molecule has 3 N–H and O–H groups in total. The van der Waals surface area contributed by atoms with Gasteiger partial charge in [0.25, 0.3) is 0 Å². The van der Waals surface area contributed by atoms with Crippen LogP contribution in [0.25, 0.3) is 5.82 Å². The Kier molecular flexibility index (Phi) is 3.34. The lowest BCUT2D eigenvalue weighted by molar-refractivity contribution is -0.385. The molecule has 2 heterocycles. The molecule has 0 saturated heterocycles. The van der Waals surface area contributed by atoms with Gasteiger partial charge in [-0.1, -0.05) is 5.16 Å². The minimum absolute atomic E-state index is 0.0788. The highest BCUT2D eigenvalue weighted by Gasteiger charge is 2.21. The van der Waals surface area contributed by atoms with Crippen LogP contribution in [0, 0.1) is 24.0 Å². The van der Waals surface area contributed by atoms with Crippen molar-refractivity contribution in [3.8, 4) is 5.82 Å². The van der Waals surface area contributed by atoms with Gasteiger partial charge >= 0.3 is 5.69 Å². The number of aryl methyl sites for hydroxylation is 2. The summed E-state index contributed by atoms with van der Waals surface area (Å²) in [5.41, 5.74) is 6.72. The molecule has 0 unspecified atom stereocenters. The number of pyridine rings is 1. The van der Waals surface area contributed by atoms with Crippen LogP contribution in [0.15, 0.2) is 23.5 Å². The minimum Gasteiger partial charge on any atom is -0.409 e. The van der Waals surface area contributed by atoms with Crippen LogP contribution in [0.3, 0.4) is 0 Å². The van der Waals surface area contributed by atoms with E-state index in [1.165, 1.54) is 16.9 Å². The lowest BCUT2D eigenvalue weighted by atomic mass is 10.2. The molecule has 104 valence electrons. The summed E-state index contributed by atoms with van der Waals surface area (Å²) in [5, 5.41) is 26.7. The standard InChI is InChI=1S/C11H12N6O3/c1-6-3-7(2)16(14-6)11-9(17(19)20)4-8(5-13-11)10(12)15-18/h3-5,18H,1-2H3,(H2,12,15). The number of amidine groups is 1. The number of aromatic nitrogens is 3. The lowest BCUT2D eigenvalue weighted by Crippen LogP contribution is -2.15. The zero-order valence-corrected chi connectivity index (χ0v) is 10.8. The van der Waals surface area contributed by atoms with E-state index in [1.54, 1.807) is 19.9 Å². The fourth-order valence-electron chi connectivity index (χ4n) is 1.78. The Morgan fingerprint density at radius 1 is 1.50 bits per heavy atom. The van der Waals surface area contributed by atoms with Crippen LogP contribution in [-0.4, -0.2) is 30.7 Å². The number of hydrogen-bond acceptors (Lipinski definition) is 6. The normalized spacial score (nSPS) is 11.6. The Bertz CT molecular complexity index is 706. The Labute approximate surface area is 113 Å². The quantitative estimate of drug-likeness (QED) is 0.281. The molecule has 20 heavy (non-hydrogen) atoms. The summed E-state index contributed by atoms with van der Waals surface area (Å²) in [6.07, 6.45) is 1.29. The summed E-state index contributed by atoms with van der Waals surface area (Å²) in [4.78, 5) is 14.6. The largest absolute Gasteiger partial charge is 0.409 e. The minimum atomic E-state index is -0.590. The molecule has 0 spiro atoms. The summed E-state index contributed by atoms with van der Waals surface area (Å²) in [6, 6.07) is 2.97. The van der Waals surface area contributed by atoms with Gasteiger partial charge in [-0.15, -0.1) is 0 Å². The van der Waals surface area contributed by atoms with Crippen molar-refractivity contribution in [2.75, 3.05) is 0 Å². The molecule has 0 aliphatic rings. The van der Waals surface area contributed by atoms with Gasteiger partial charge in [0.1, 0.15) is 0 Å². The monoisotopic (exact) mass is 276 g/mol. The first-order chi connectivity index (χ1) is 9.43. The summed E-state index contributed by atoms with van der Waals surface area (Å²) in [5.74, 6) is -0.171. The van der Waals surface area contributed by atoms with Gasteiger partial charge in [0.05, 0.1) is 10.6 Å². The number of nitrogens with zero attached hydrogens (tertiary/aromatic N) is 5. The molecule has 0 atom stereocenters. The number of rotatable bonds is 3. The van der Waals surface area contributed by atoms with E-state index >= 15 is 0 Å². The van der Waals surface area contributed by atoms with Crippen molar-refractivity contribution < 1.29 is 10.1 Å². The van der Waals surface area contributed by atoms with E-state index in [0.717, 1.165) is 11.4 Å². The second-order valence-corrected chi connectivity index (χ2v) is 4.15. The zero-order chi connectivity index (χ0) is 14.9. The molecule has 0 fully saturated rings. The molecule has 9 nitrogen and oxygen atoms in total. The Morgan fingerprint density at radius 2 is 2.20 bits per heavy atom. The first kappa shape index (κ1) is 13.5. The van der Waals surface area contributed by atoms with Crippen LogP contribution in [0.5, 0.6) is 0 Å². The number of nitrogens with two attached hydrogens (primary N) is 1. The topological polar surface area (TPSA) is 132 Å². The average molecular weight is 276 g/mol. The van der Waals surface area contributed by atoms with Crippen LogP contribution >= 0.6 is 0 Å². The summed E-state index contributed by atoms with van der Waals surface area (Å²) < 4.78 is 1.38. The average Bonchev–Trinajstić information content (AvgIpc) is 2.76. The van der Waals surface area contributed by atoms with Crippen molar-refractivity contribution in [2.24, 2.45) is 10.9 Å². The third-order valence-corrected chi connectivity index (χ3v) is 2.66. The molecule has 2 aromatic rings. The van der Waals surface area contributed by atoms with Crippen molar-refractivity contribution >= 4 is 11.5 Å². The second kappa shape index (κ2) is 4.96. The summed E-state index contributed by atoms with van der Waals surface area (Å²) >= 11 is 0. The van der Waals surface area contributed by atoms with Gasteiger partial charge in [0.2, 0.25) is 5.82 Å². The zero-order valence-electron chi connectivity index (χ0n) is 10.8. The van der Waals surface area contributed by atoms with Gasteiger partial charge in [-0.25, -0.2) is 9.67 Å². The SMILES string of the molecule is Cc1cc(C)n(-c2ncc(/C(N)=N/O)cc2[N+](=O)[O-])n1. The number of oxime groups is 1. The number of nitro groups is 1. The first-order valence-electron chi connectivity index (χ1n) is 5.60. The van der Waals surface area contributed by atoms with E-state index < -0.39 is 4.92 Å². The highest BCUT2D eigenvalue weighted by Crippen LogP contribution is 2.22. The van der Waals surface area contributed by atoms with Crippen LogP contribution in [0.4, 0.5) is 5.69 Å². The molecule has 0 aliphatic carbocycles. The van der Waals surface area contributed by atoms with E-state index in [1.807, 2.05) is 0 Å². The fourth-order valence-corrected chi connectivity index (χ4v) is 1.78. The Hall–Kier alpha value is -2.97. The van der Waals surface area contributed by atoms with E-state index in [4.69, 9.17) is 10.9 Å². The molecule has 0 bridgehead atoms. The first-order valence-corrected chi connectivity index (χ1v) is 5.60. The predicted octanol–water partition coefficient (Wildman–Crippen LogP) is 0.887. The van der Waals surface area contributed by atoms with Gasteiger partial charge in [-0.2, -0.15) is 5.10 Å². The van der Waals surface area contributed by atoms with E-state index in [-0.39, 0.29) is 22.9 Å². The summed E-state index contributed by atoms with van der Waals surface area (Å²) in [7, 11) is 0. The smallest absolute Gasteiger partial charge is 0.314 e. The fraction of sp³-hybridized carbons (Fsp3) is 0.182. The third kappa shape index (κ3) is 2.28. The van der Waals surface area contributed by atoms with Gasteiger partial charge in [-0.3, -0.25) is 10.1 Å². The molecule has 0 aliphatic heterocycles. The van der Waals surface area contributed by atoms with Crippen LogP contribution in [0.1, 0.15) is 17.0 Å². The second-order valence-electron chi connectivity index (χ2n) is 4.15. The Morgan fingerprint density at radius 3 is 2.70 bits per heavy atom. The number of hydrogen-bond donors (Lipinski definition) is 2. The molecule has 0 amide bonds. The van der Waals surface area contributed by atoms with E-state index in [9.17, 15) is 10.1 Å². The van der Waals surface area contributed by atoms with Gasteiger partial charge < -0.3 is 10.9 Å². The maximum absolute atomic E-state index is 11.2.